The number of amides is 1. The number of ether oxygens (including phenoxy) is 1. The van der Waals surface area contributed by atoms with E-state index in [1.165, 1.54) is 23.6 Å². The topological polar surface area (TPSA) is 92.6 Å². The third kappa shape index (κ3) is 5.33. The summed E-state index contributed by atoms with van der Waals surface area (Å²) in [5.74, 6) is -0.995. The fourth-order valence-corrected chi connectivity index (χ4v) is 1.28. The molecular formula is C12H17N3O4. The standard InChI is InChI=1S/C12H17N3O4/c1-12(2,3)19-11(18)15(5-4-10(16)17)9-6-13-8-14-7-9/h6-8H,4-5H2,1-3H3,(H,16,17). The summed E-state index contributed by atoms with van der Waals surface area (Å²) in [6.45, 7) is 5.21. The van der Waals surface area contributed by atoms with Crippen molar-refractivity contribution in [3.8, 4) is 0 Å². The van der Waals surface area contributed by atoms with Crippen LogP contribution in [-0.2, 0) is 9.53 Å². The molecule has 0 fully saturated rings. The van der Waals surface area contributed by atoms with Crippen molar-refractivity contribution in [2.24, 2.45) is 0 Å². The molecular weight excluding hydrogens is 250 g/mol. The number of carbonyl (C=O) groups is 2. The first-order chi connectivity index (χ1) is 8.79. The van der Waals surface area contributed by atoms with E-state index in [2.05, 4.69) is 9.97 Å². The Balaban J connectivity index is 2.86. The van der Waals surface area contributed by atoms with Crippen LogP contribution < -0.4 is 4.90 Å². The predicted octanol–water partition coefficient (Wildman–Crippen LogP) is 1.69. The number of anilines is 1. The monoisotopic (exact) mass is 267 g/mol. The van der Waals surface area contributed by atoms with Crippen molar-refractivity contribution in [2.45, 2.75) is 32.8 Å². The zero-order valence-corrected chi connectivity index (χ0v) is 11.2. The van der Waals surface area contributed by atoms with Gasteiger partial charge in [-0.2, -0.15) is 0 Å². The van der Waals surface area contributed by atoms with E-state index in [9.17, 15) is 9.59 Å². The highest BCUT2D eigenvalue weighted by Crippen LogP contribution is 2.16. The number of rotatable bonds is 4. The van der Waals surface area contributed by atoms with Gasteiger partial charge in [0.15, 0.2) is 0 Å². The zero-order chi connectivity index (χ0) is 14.5. The number of aromatic nitrogens is 2. The van der Waals surface area contributed by atoms with Crippen LogP contribution in [0.2, 0.25) is 0 Å². The van der Waals surface area contributed by atoms with E-state index in [4.69, 9.17) is 9.84 Å². The first-order valence-electron chi connectivity index (χ1n) is 5.77. The SMILES string of the molecule is CC(C)(C)OC(=O)N(CCC(=O)O)c1cncnc1. The van der Waals surface area contributed by atoms with Gasteiger partial charge in [-0.25, -0.2) is 14.8 Å². The van der Waals surface area contributed by atoms with Gasteiger partial charge in [0.25, 0.3) is 0 Å². The number of hydrogen-bond acceptors (Lipinski definition) is 5. The predicted molar refractivity (Wildman–Crippen MR) is 67.9 cm³/mol. The summed E-state index contributed by atoms with van der Waals surface area (Å²) in [6.07, 6.45) is 3.38. The van der Waals surface area contributed by atoms with Crippen LogP contribution >= 0.6 is 0 Å². The molecule has 7 nitrogen and oxygen atoms in total. The molecule has 1 aromatic heterocycles. The minimum Gasteiger partial charge on any atom is -0.481 e. The molecule has 0 saturated heterocycles. The first kappa shape index (κ1) is 14.9. The first-order valence-corrected chi connectivity index (χ1v) is 5.77. The lowest BCUT2D eigenvalue weighted by Gasteiger charge is -2.26. The Morgan fingerprint density at radius 3 is 2.37 bits per heavy atom. The summed E-state index contributed by atoms with van der Waals surface area (Å²) in [7, 11) is 0. The third-order valence-electron chi connectivity index (χ3n) is 2.02. The van der Waals surface area contributed by atoms with Crippen molar-refractivity contribution in [3.05, 3.63) is 18.7 Å². The van der Waals surface area contributed by atoms with E-state index in [1.54, 1.807) is 20.8 Å². The summed E-state index contributed by atoms with van der Waals surface area (Å²) < 4.78 is 5.23. The molecule has 0 spiro atoms. The normalized spacial score (nSPS) is 10.9. The summed E-state index contributed by atoms with van der Waals surface area (Å²) in [6, 6.07) is 0. The Labute approximate surface area is 111 Å². The lowest BCUT2D eigenvalue weighted by Crippen LogP contribution is -2.38. The molecule has 0 radical (unpaired) electrons. The largest absolute Gasteiger partial charge is 0.481 e. The van der Waals surface area contributed by atoms with Gasteiger partial charge in [-0.1, -0.05) is 0 Å². The van der Waals surface area contributed by atoms with E-state index < -0.39 is 17.7 Å². The highest BCUT2D eigenvalue weighted by atomic mass is 16.6. The van der Waals surface area contributed by atoms with Gasteiger partial charge >= 0.3 is 12.1 Å². The van der Waals surface area contributed by atoms with Gasteiger partial charge in [0.1, 0.15) is 11.9 Å². The molecule has 1 amide bonds. The highest BCUT2D eigenvalue weighted by Gasteiger charge is 2.24. The van der Waals surface area contributed by atoms with Gasteiger partial charge < -0.3 is 9.84 Å². The van der Waals surface area contributed by atoms with Crippen molar-refractivity contribution in [1.29, 1.82) is 0 Å². The van der Waals surface area contributed by atoms with Crippen LogP contribution in [0.5, 0.6) is 0 Å². The van der Waals surface area contributed by atoms with Crippen molar-refractivity contribution in [1.82, 2.24) is 9.97 Å². The van der Waals surface area contributed by atoms with Crippen LogP contribution in [0.1, 0.15) is 27.2 Å². The molecule has 0 atom stereocenters. The van der Waals surface area contributed by atoms with Gasteiger partial charge in [-0.15, -0.1) is 0 Å². The number of carbonyl (C=O) groups excluding carboxylic acids is 1. The van der Waals surface area contributed by atoms with Crippen molar-refractivity contribution in [2.75, 3.05) is 11.4 Å². The quantitative estimate of drug-likeness (QED) is 0.892. The van der Waals surface area contributed by atoms with Gasteiger partial charge in [-0.05, 0) is 20.8 Å². The second-order valence-corrected chi connectivity index (χ2v) is 4.87. The number of carboxylic acids is 1. The van der Waals surface area contributed by atoms with E-state index in [1.807, 2.05) is 0 Å². The van der Waals surface area contributed by atoms with E-state index in [0.29, 0.717) is 5.69 Å². The molecule has 1 rings (SSSR count). The van der Waals surface area contributed by atoms with Crippen LogP contribution in [0.3, 0.4) is 0 Å². The van der Waals surface area contributed by atoms with Crippen molar-refractivity contribution in [3.63, 3.8) is 0 Å². The Morgan fingerprint density at radius 2 is 1.89 bits per heavy atom. The maximum atomic E-state index is 12.0. The molecule has 104 valence electrons. The van der Waals surface area contributed by atoms with Crippen LogP contribution in [-0.4, -0.2) is 39.3 Å². The van der Waals surface area contributed by atoms with E-state index in [0.717, 1.165) is 0 Å². The molecule has 0 aliphatic carbocycles. The second kappa shape index (κ2) is 6.12. The average molecular weight is 267 g/mol. The van der Waals surface area contributed by atoms with Crippen LogP contribution in [0.15, 0.2) is 18.7 Å². The van der Waals surface area contributed by atoms with Crippen LogP contribution in [0.4, 0.5) is 10.5 Å². The maximum Gasteiger partial charge on any atom is 0.414 e. The summed E-state index contributed by atoms with van der Waals surface area (Å²) in [5.41, 5.74) is -0.258. The highest BCUT2D eigenvalue weighted by molar-refractivity contribution is 5.88. The smallest absolute Gasteiger partial charge is 0.414 e. The van der Waals surface area contributed by atoms with Crippen LogP contribution in [0, 0.1) is 0 Å². The minimum atomic E-state index is -0.995. The van der Waals surface area contributed by atoms with Crippen molar-refractivity contribution >= 4 is 17.7 Å². The van der Waals surface area contributed by atoms with E-state index in [-0.39, 0.29) is 13.0 Å². The third-order valence-corrected chi connectivity index (χ3v) is 2.02. The second-order valence-electron chi connectivity index (χ2n) is 4.87. The molecule has 0 aromatic carbocycles. The molecule has 19 heavy (non-hydrogen) atoms. The average Bonchev–Trinajstić information content (AvgIpc) is 2.27. The molecule has 0 aliphatic heterocycles. The number of nitrogens with zero attached hydrogens (tertiary/aromatic N) is 3. The lowest BCUT2D eigenvalue weighted by atomic mass is 10.2. The van der Waals surface area contributed by atoms with Gasteiger partial charge in [-0.3, -0.25) is 9.69 Å². The Kier molecular flexibility index (Phi) is 4.80. The Hall–Kier alpha value is -2.18. The molecule has 1 aromatic rings. The van der Waals surface area contributed by atoms with Gasteiger partial charge in [0.2, 0.25) is 0 Å². The molecule has 7 heteroatoms. The fourth-order valence-electron chi connectivity index (χ4n) is 1.28. The molecule has 0 unspecified atom stereocenters. The van der Waals surface area contributed by atoms with E-state index >= 15 is 0 Å². The summed E-state index contributed by atoms with van der Waals surface area (Å²) in [4.78, 5) is 31.5. The lowest BCUT2D eigenvalue weighted by molar-refractivity contribution is -0.136. The fraction of sp³-hybridized carbons (Fsp3) is 0.500. The molecule has 1 heterocycles. The maximum absolute atomic E-state index is 12.0. The number of carboxylic acid groups (broad SMARTS) is 1. The minimum absolute atomic E-state index is 0.00236. The number of aliphatic carboxylic acids is 1. The molecule has 1 N–H and O–H groups in total. The summed E-state index contributed by atoms with van der Waals surface area (Å²) >= 11 is 0. The van der Waals surface area contributed by atoms with Crippen LogP contribution in [0.25, 0.3) is 0 Å². The van der Waals surface area contributed by atoms with Gasteiger partial charge in [0, 0.05) is 6.54 Å². The Bertz CT molecular complexity index is 442. The number of hydrogen-bond donors (Lipinski definition) is 1. The molecule has 0 aliphatic rings. The Morgan fingerprint density at radius 1 is 1.32 bits per heavy atom. The van der Waals surface area contributed by atoms with Gasteiger partial charge in [0.05, 0.1) is 24.5 Å². The summed E-state index contributed by atoms with van der Waals surface area (Å²) in [5, 5.41) is 8.71. The molecule has 0 bridgehead atoms. The zero-order valence-electron chi connectivity index (χ0n) is 11.2. The van der Waals surface area contributed by atoms with Crippen molar-refractivity contribution < 1.29 is 19.4 Å². The molecule has 0 saturated carbocycles.